The minimum absolute atomic E-state index is 0.0225. The molecule has 0 aliphatic carbocycles. The molecule has 0 amide bonds. The fraction of sp³-hybridized carbons (Fsp3) is 0.188. The molecule has 2 N–H and O–H groups in total. The number of rotatable bonds is 3. The molecule has 2 aromatic rings. The lowest BCUT2D eigenvalue weighted by atomic mass is 10.0. The van der Waals surface area contributed by atoms with E-state index >= 15 is 0 Å². The van der Waals surface area contributed by atoms with Crippen molar-refractivity contribution in [1.29, 1.82) is 0 Å². The Hall–Kier alpha value is -2.49. The maximum absolute atomic E-state index is 12.3. The Morgan fingerprint density at radius 3 is 2.40 bits per heavy atom. The van der Waals surface area contributed by atoms with Gasteiger partial charge in [-0.15, -0.1) is 0 Å². The van der Waals surface area contributed by atoms with Crippen LogP contribution in [0, 0.1) is 0 Å². The van der Waals surface area contributed by atoms with Crippen LogP contribution in [0.5, 0.6) is 11.5 Å². The summed E-state index contributed by atoms with van der Waals surface area (Å²) in [4.78, 5) is 12.3. The van der Waals surface area contributed by atoms with E-state index < -0.39 is 0 Å². The summed E-state index contributed by atoms with van der Waals surface area (Å²) in [6.45, 7) is 0.993. The van der Waals surface area contributed by atoms with E-state index in [4.69, 9.17) is 15.2 Å². The van der Waals surface area contributed by atoms with Crippen LogP contribution in [0.4, 0.5) is 5.69 Å². The molecule has 0 spiro atoms. The second-order valence-electron chi connectivity index (χ2n) is 4.67. The van der Waals surface area contributed by atoms with Gasteiger partial charge >= 0.3 is 0 Å². The minimum Gasteiger partial charge on any atom is -0.486 e. The third kappa shape index (κ3) is 2.45. The summed E-state index contributed by atoms with van der Waals surface area (Å²) in [5, 5.41) is 0. The molecule has 0 saturated heterocycles. The van der Waals surface area contributed by atoms with Gasteiger partial charge in [-0.2, -0.15) is 0 Å². The van der Waals surface area contributed by atoms with Crippen molar-refractivity contribution in [2.24, 2.45) is 0 Å². The number of nitrogen functional groups attached to an aromatic ring is 1. The predicted octanol–water partition coefficient (Wildman–Crippen LogP) is 2.47. The highest BCUT2D eigenvalue weighted by atomic mass is 16.6. The summed E-state index contributed by atoms with van der Waals surface area (Å²) in [5.74, 6) is 1.16. The van der Waals surface area contributed by atoms with Crippen LogP contribution < -0.4 is 15.2 Å². The summed E-state index contributed by atoms with van der Waals surface area (Å²) < 4.78 is 10.9. The van der Waals surface area contributed by atoms with Gasteiger partial charge in [-0.05, 0) is 11.6 Å². The van der Waals surface area contributed by atoms with Crippen LogP contribution >= 0.6 is 0 Å². The Kier molecular flexibility index (Phi) is 3.29. The summed E-state index contributed by atoms with van der Waals surface area (Å²) in [6.07, 6.45) is 0.324. The molecule has 0 radical (unpaired) electrons. The molecule has 4 heteroatoms. The molecular weight excluding hydrogens is 254 g/mol. The average Bonchev–Trinajstić information content (AvgIpc) is 2.47. The van der Waals surface area contributed by atoms with E-state index in [1.165, 1.54) is 0 Å². The van der Waals surface area contributed by atoms with Crippen molar-refractivity contribution >= 4 is 11.5 Å². The molecule has 0 aromatic heterocycles. The average molecular weight is 269 g/mol. The maximum Gasteiger partial charge on any atom is 0.169 e. The summed E-state index contributed by atoms with van der Waals surface area (Å²) in [7, 11) is 0. The van der Waals surface area contributed by atoms with E-state index in [0.717, 1.165) is 5.56 Å². The number of ketones is 1. The zero-order chi connectivity index (χ0) is 13.9. The van der Waals surface area contributed by atoms with Gasteiger partial charge < -0.3 is 15.2 Å². The minimum atomic E-state index is -0.0225. The lowest BCUT2D eigenvalue weighted by Crippen LogP contribution is -2.17. The molecular formula is C16H15NO3. The van der Waals surface area contributed by atoms with E-state index in [2.05, 4.69) is 0 Å². The number of ether oxygens (including phenoxy) is 2. The van der Waals surface area contributed by atoms with Crippen molar-refractivity contribution in [2.75, 3.05) is 18.9 Å². The third-order valence-corrected chi connectivity index (χ3v) is 3.22. The van der Waals surface area contributed by atoms with E-state index in [0.29, 0.717) is 42.4 Å². The van der Waals surface area contributed by atoms with Crippen molar-refractivity contribution in [3.63, 3.8) is 0 Å². The molecule has 0 atom stereocenters. The lowest BCUT2D eigenvalue weighted by Gasteiger charge is -2.19. The van der Waals surface area contributed by atoms with Gasteiger partial charge in [0, 0.05) is 23.7 Å². The van der Waals surface area contributed by atoms with E-state index in [9.17, 15) is 4.79 Å². The highest BCUT2D eigenvalue weighted by molar-refractivity contribution is 6.02. The SMILES string of the molecule is Nc1cc2c(cc1C(=O)Cc1ccccc1)OCCO2. The summed E-state index contributed by atoms with van der Waals surface area (Å²) in [5.41, 5.74) is 7.82. The number of Topliss-reactive ketones (excluding diaryl/α,β-unsaturated/α-hetero) is 1. The Bertz CT molecular complexity index is 638. The Labute approximate surface area is 117 Å². The first-order chi connectivity index (χ1) is 9.74. The van der Waals surface area contributed by atoms with Crippen LogP contribution in [-0.2, 0) is 6.42 Å². The van der Waals surface area contributed by atoms with Gasteiger partial charge in [0.1, 0.15) is 13.2 Å². The van der Waals surface area contributed by atoms with E-state index in [-0.39, 0.29) is 5.78 Å². The van der Waals surface area contributed by atoms with Gasteiger partial charge in [0.05, 0.1) is 0 Å². The molecule has 1 heterocycles. The van der Waals surface area contributed by atoms with Gasteiger partial charge in [0.25, 0.3) is 0 Å². The fourth-order valence-electron chi connectivity index (χ4n) is 2.22. The van der Waals surface area contributed by atoms with Gasteiger partial charge in [0.2, 0.25) is 0 Å². The number of carbonyl (C=O) groups excluding carboxylic acids is 1. The zero-order valence-corrected chi connectivity index (χ0v) is 11.0. The predicted molar refractivity (Wildman–Crippen MR) is 76.3 cm³/mol. The number of anilines is 1. The normalized spacial score (nSPS) is 13.0. The maximum atomic E-state index is 12.3. The fourth-order valence-corrected chi connectivity index (χ4v) is 2.22. The van der Waals surface area contributed by atoms with Crippen LogP contribution in [0.15, 0.2) is 42.5 Å². The largest absolute Gasteiger partial charge is 0.486 e. The lowest BCUT2D eigenvalue weighted by molar-refractivity contribution is 0.0992. The van der Waals surface area contributed by atoms with Crippen molar-refractivity contribution < 1.29 is 14.3 Å². The molecule has 3 rings (SSSR count). The summed E-state index contributed by atoms with van der Waals surface area (Å²) >= 11 is 0. The number of nitrogens with two attached hydrogens (primary N) is 1. The topological polar surface area (TPSA) is 61.6 Å². The molecule has 20 heavy (non-hydrogen) atoms. The smallest absolute Gasteiger partial charge is 0.169 e. The molecule has 102 valence electrons. The van der Waals surface area contributed by atoms with Crippen LogP contribution in [-0.4, -0.2) is 19.0 Å². The second kappa shape index (κ2) is 5.25. The van der Waals surface area contributed by atoms with Crippen LogP contribution in [0.3, 0.4) is 0 Å². The number of fused-ring (bicyclic) bond motifs is 1. The van der Waals surface area contributed by atoms with Crippen molar-refractivity contribution in [1.82, 2.24) is 0 Å². The van der Waals surface area contributed by atoms with Crippen LogP contribution in [0.1, 0.15) is 15.9 Å². The molecule has 2 aromatic carbocycles. The van der Waals surface area contributed by atoms with E-state index in [1.807, 2.05) is 30.3 Å². The Morgan fingerprint density at radius 1 is 1.05 bits per heavy atom. The Balaban J connectivity index is 1.88. The molecule has 0 bridgehead atoms. The molecule has 1 aliphatic rings. The standard InChI is InChI=1S/C16H15NO3/c17-13-10-16-15(19-6-7-20-16)9-12(13)14(18)8-11-4-2-1-3-5-11/h1-5,9-10H,6-8,17H2. The van der Waals surface area contributed by atoms with Crippen LogP contribution in [0.25, 0.3) is 0 Å². The van der Waals surface area contributed by atoms with Crippen molar-refractivity contribution in [3.8, 4) is 11.5 Å². The zero-order valence-electron chi connectivity index (χ0n) is 11.0. The number of hydrogen-bond acceptors (Lipinski definition) is 4. The number of hydrogen-bond donors (Lipinski definition) is 1. The first-order valence-electron chi connectivity index (χ1n) is 6.50. The first-order valence-corrected chi connectivity index (χ1v) is 6.50. The van der Waals surface area contributed by atoms with Crippen LogP contribution in [0.2, 0.25) is 0 Å². The van der Waals surface area contributed by atoms with Crippen molar-refractivity contribution in [3.05, 3.63) is 53.6 Å². The van der Waals surface area contributed by atoms with Gasteiger partial charge in [-0.1, -0.05) is 30.3 Å². The quantitative estimate of drug-likeness (QED) is 0.687. The summed E-state index contributed by atoms with van der Waals surface area (Å²) in [6, 6.07) is 12.9. The first kappa shape index (κ1) is 12.5. The molecule has 0 unspecified atom stereocenters. The van der Waals surface area contributed by atoms with E-state index in [1.54, 1.807) is 12.1 Å². The Morgan fingerprint density at radius 2 is 1.70 bits per heavy atom. The molecule has 1 aliphatic heterocycles. The number of carbonyl (C=O) groups is 1. The van der Waals surface area contributed by atoms with Gasteiger partial charge in [-0.3, -0.25) is 4.79 Å². The monoisotopic (exact) mass is 269 g/mol. The second-order valence-corrected chi connectivity index (χ2v) is 4.67. The molecule has 4 nitrogen and oxygen atoms in total. The van der Waals surface area contributed by atoms with Gasteiger partial charge in [0.15, 0.2) is 17.3 Å². The molecule has 0 fully saturated rings. The third-order valence-electron chi connectivity index (χ3n) is 3.22. The molecule has 0 saturated carbocycles. The van der Waals surface area contributed by atoms with Crippen molar-refractivity contribution in [2.45, 2.75) is 6.42 Å². The highest BCUT2D eigenvalue weighted by Gasteiger charge is 2.18. The number of benzene rings is 2. The van der Waals surface area contributed by atoms with Gasteiger partial charge in [-0.25, -0.2) is 0 Å². The highest BCUT2D eigenvalue weighted by Crippen LogP contribution is 2.34.